The summed E-state index contributed by atoms with van der Waals surface area (Å²) in [5, 5.41) is 2.71. The molecule has 1 aliphatic rings. The number of ether oxygens (including phenoxy) is 2. The third-order valence-electron chi connectivity index (χ3n) is 4.52. The summed E-state index contributed by atoms with van der Waals surface area (Å²) in [6.45, 7) is 0.959. The summed E-state index contributed by atoms with van der Waals surface area (Å²) in [4.78, 5) is 16.3. The normalized spacial score (nSPS) is 15.2. The second-order valence-electron chi connectivity index (χ2n) is 6.47. The van der Waals surface area contributed by atoms with Gasteiger partial charge < -0.3 is 19.4 Å². The number of anilines is 1. The Balaban J connectivity index is 1.65. The molecule has 1 saturated heterocycles. The number of aromatic nitrogens is 2. The SMILES string of the molecule is COc1ccc(NC(=O)Cn2cnc(S(=O)(=O)N3CCCCC3)c2)cc1OC. The fourth-order valence-corrected chi connectivity index (χ4v) is 4.53. The first kappa shape index (κ1) is 20.2. The number of sulfonamides is 1. The molecule has 0 aliphatic carbocycles. The van der Waals surface area contributed by atoms with Crippen LogP contribution in [-0.2, 0) is 21.4 Å². The fourth-order valence-electron chi connectivity index (χ4n) is 3.08. The highest BCUT2D eigenvalue weighted by atomic mass is 32.2. The van der Waals surface area contributed by atoms with Crippen LogP contribution >= 0.6 is 0 Å². The van der Waals surface area contributed by atoms with E-state index in [0.29, 0.717) is 30.3 Å². The van der Waals surface area contributed by atoms with Crippen molar-refractivity contribution < 1.29 is 22.7 Å². The lowest BCUT2D eigenvalue weighted by Crippen LogP contribution is -2.35. The first-order chi connectivity index (χ1) is 13.4. The molecule has 0 atom stereocenters. The van der Waals surface area contributed by atoms with Gasteiger partial charge in [-0.3, -0.25) is 4.79 Å². The maximum atomic E-state index is 12.6. The molecule has 10 heteroatoms. The first-order valence-electron chi connectivity index (χ1n) is 8.98. The molecule has 152 valence electrons. The van der Waals surface area contributed by atoms with Crippen LogP contribution in [-0.4, -0.2) is 55.5 Å². The highest BCUT2D eigenvalue weighted by Gasteiger charge is 2.28. The Hall–Kier alpha value is -2.59. The number of hydrogen-bond donors (Lipinski definition) is 1. The Morgan fingerprint density at radius 2 is 1.86 bits per heavy atom. The van der Waals surface area contributed by atoms with Crippen molar-refractivity contribution in [2.24, 2.45) is 0 Å². The average Bonchev–Trinajstić information content (AvgIpc) is 3.17. The summed E-state index contributed by atoms with van der Waals surface area (Å²) >= 11 is 0. The van der Waals surface area contributed by atoms with Crippen LogP contribution in [0.5, 0.6) is 11.5 Å². The molecular weight excluding hydrogens is 384 g/mol. The van der Waals surface area contributed by atoms with E-state index in [0.717, 1.165) is 19.3 Å². The molecule has 1 fully saturated rings. The number of carbonyl (C=O) groups excluding carboxylic acids is 1. The molecule has 0 radical (unpaired) electrons. The summed E-state index contributed by atoms with van der Waals surface area (Å²) in [5.41, 5.74) is 0.545. The van der Waals surface area contributed by atoms with Gasteiger partial charge >= 0.3 is 0 Å². The second kappa shape index (κ2) is 8.61. The number of rotatable bonds is 7. The van der Waals surface area contributed by atoms with Gasteiger partial charge in [0, 0.05) is 31.0 Å². The minimum absolute atomic E-state index is 0.0340. The van der Waals surface area contributed by atoms with Gasteiger partial charge in [-0.1, -0.05) is 6.42 Å². The van der Waals surface area contributed by atoms with Crippen molar-refractivity contribution in [3.05, 3.63) is 30.7 Å². The topological polar surface area (TPSA) is 103 Å². The summed E-state index contributed by atoms with van der Waals surface area (Å²) in [6, 6.07) is 5.03. The zero-order chi connectivity index (χ0) is 20.1. The Kier molecular flexibility index (Phi) is 6.20. The third-order valence-corrected chi connectivity index (χ3v) is 6.31. The number of hydrogen-bond acceptors (Lipinski definition) is 6. The van der Waals surface area contributed by atoms with Crippen LogP contribution in [0.1, 0.15) is 19.3 Å². The lowest BCUT2D eigenvalue weighted by molar-refractivity contribution is -0.116. The molecule has 0 bridgehead atoms. The van der Waals surface area contributed by atoms with Crippen LogP contribution in [0.2, 0.25) is 0 Å². The fraction of sp³-hybridized carbons (Fsp3) is 0.444. The molecule has 1 aromatic heterocycles. The molecule has 28 heavy (non-hydrogen) atoms. The Morgan fingerprint density at radius 1 is 1.14 bits per heavy atom. The van der Waals surface area contributed by atoms with Gasteiger partial charge in [-0.2, -0.15) is 4.31 Å². The number of carbonyl (C=O) groups is 1. The van der Waals surface area contributed by atoms with Crippen LogP contribution < -0.4 is 14.8 Å². The molecule has 3 rings (SSSR count). The highest BCUT2D eigenvalue weighted by Crippen LogP contribution is 2.29. The van der Waals surface area contributed by atoms with Crippen LogP contribution in [0.15, 0.2) is 35.7 Å². The summed E-state index contributed by atoms with van der Waals surface area (Å²) in [5.74, 6) is 0.743. The maximum absolute atomic E-state index is 12.6. The zero-order valence-electron chi connectivity index (χ0n) is 15.9. The Morgan fingerprint density at radius 3 is 2.54 bits per heavy atom. The smallest absolute Gasteiger partial charge is 0.262 e. The van der Waals surface area contributed by atoms with E-state index in [-0.39, 0.29) is 17.5 Å². The zero-order valence-corrected chi connectivity index (χ0v) is 16.7. The van der Waals surface area contributed by atoms with Crippen molar-refractivity contribution in [1.82, 2.24) is 13.9 Å². The largest absolute Gasteiger partial charge is 0.493 e. The number of nitrogens with zero attached hydrogens (tertiary/aromatic N) is 3. The summed E-state index contributed by atoms with van der Waals surface area (Å²) < 4.78 is 38.5. The third kappa shape index (κ3) is 4.45. The molecule has 1 aromatic carbocycles. The second-order valence-corrected chi connectivity index (χ2v) is 8.35. The van der Waals surface area contributed by atoms with E-state index in [1.165, 1.54) is 35.6 Å². The number of amides is 1. The first-order valence-corrected chi connectivity index (χ1v) is 10.4. The van der Waals surface area contributed by atoms with Crippen LogP contribution in [0, 0.1) is 0 Å². The van der Waals surface area contributed by atoms with Gasteiger partial charge in [-0.25, -0.2) is 13.4 Å². The number of methoxy groups -OCH3 is 2. The minimum atomic E-state index is -3.61. The van der Waals surface area contributed by atoms with E-state index < -0.39 is 10.0 Å². The van der Waals surface area contributed by atoms with E-state index in [1.807, 2.05) is 0 Å². The molecule has 1 N–H and O–H groups in total. The molecule has 1 amide bonds. The van der Waals surface area contributed by atoms with Crippen LogP contribution in [0.4, 0.5) is 5.69 Å². The Bertz CT molecular complexity index is 935. The molecule has 0 unspecified atom stereocenters. The molecule has 9 nitrogen and oxygen atoms in total. The van der Waals surface area contributed by atoms with Crippen LogP contribution in [0.3, 0.4) is 0 Å². The Labute approximate surface area is 164 Å². The molecule has 2 heterocycles. The van der Waals surface area contributed by atoms with Crippen molar-refractivity contribution in [2.45, 2.75) is 30.8 Å². The number of benzene rings is 1. The maximum Gasteiger partial charge on any atom is 0.262 e. The van der Waals surface area contributed by atoms with Crippen LogP contribution in [0.25, 0.3) is 0 Å². The van der Waals surface area contributed by atoms with Gasteiger partial charge in [0.1, 0.15) is 6.54 Å². The molecule has 1 aliphatic heterocycles. The van der Waals surface area contributed by atoms with E-state index in [2.05, 4.69) is 10.3 Å². The number of imidazole rings is 1. The van der Waals surface area contributed by atoms with E-state index in [4.69, 9.17) is 9.47 Å². The van der Waals surface area contributed by atoms with Gasteiger partial charge in [0.2, 0.25) is 5.91 Å². The van der Waals surface area contributed by atoms with Crippen molar-refractivity contribution >= 4 is 21.6 Å². The minimum Gasteiger partial charge on any atom is -0.493 e. The van der Waals surface area contributed by atoms with E-state index >= 15 is 0 Å². The predicted molar refractivity (Wildman–Crippen MR) is 103 cm³/mol. The number of nitrogens with one attached hydrogen (secondary N) is 1. The van der Waals surface area contributed by atoms with Gasteiger partial charge in [0.25, 0.3) is 10.0 Å². The quantitative estimate of drug-likeness (QED) is 0.748. The molecular formula is C18H24N4O5S. The van der Waals surface area contributed by atoms with E-state index in [9.17, 15) is 13.2 Å². The summed E-state index contributed by atoms with van der Waals surface area (Å²) in [6.07, 6.45) is 5.49. The number of piperidine rings is 1. The van der Waals surface area contributed by atoms with Gasteiger partial charge in [0.15, 0.2) is 16.5 Å². The van der Waals surface area contributed by atoms with Crippen molar-refractivity contribution in [3.63, 3.8) is 0 Å². The lowest BCUT2D eigenvalue weighted by atomic mass is 10.2. The van der Waals surface area contributed by atoms with Crippen molar-refractivity contribution in [1.29, 1.82) is 0 Å². The standard InChI is InChI=1S/C18H24N4O5S/c1-26-15-7-6-14(10-16(15)27-2)20-17(23)11-21-12-18(19-13-21)28(24,25)22-8-4-3-5-9-22/h6-7,10,12-13H,3-5,8-9,11H2,1-2H3,(H,20,23). The van der Waals surface area contributed by atoms with Crippen molar-refractivity contribution in [3.8, 4) is 11.5 Å². The van der Waals surface area contributed by atoms with Gasteiger partial charge in [-0.15, -0.1) is 0 Å². The molecule has 0 saturated carbocycles. The monoisotopic (exact) mass is 408 g/mol. The van der Waals surface area contributed by atoms with Crippen molar-refractivity contribution in [2.75, 3.05) is 32.6 Å². The molecule has 0 spiro atoms. The van der Waals surface area contributed by atoms with Gasteiger partial charge in [-0.05, 0) is 25.0 Å². The summed E-state index contributed by atoms with van der Waals surface area (Å²) in [7, 11) is -0.568. The average molecular weight is 408 g/mol. The van der Waals surface area contributed by atoms with Gasteiger partial charge in [0.05, 0.1) is 20.5 Å². The predicted octanol–water partition coefficient (Wildman–Crippen LogP) is 1.71. The van der Waals surface area contributed by atoms with E-state index in [1.54, 1.807) is 18.2 Å². The lowest BCUT2D eigenvalue weighted by Gasteiger charge is -2.24. The molecule has 2 aromatic rings. The highest BCUT2D eigenvalue weighted by molar-refractivity contribution is 7.89.